The van der Waals surface area contributed by atoms with Crippen LogP contribution in [0.4, 0.5) is 8.78 Å². The van der Waals surface area contributed by atoms with E-state index >= 15 is 0 Å². The number of ketones is 1. The Labute approximate surface area is 118 Å². The van der Waals surface area contributed by atoms with Gasteiger partial charge in [-0.25, -0.2) is 8.78 Å². The molecular formula is C15H20F2N2O. The van der Waals surface area contributed by atoms with Crippen molar-refractivity contribution in [3.05, 3.63) is 35.4 Å². The van der Waals surface area contributed by atoms with Crippen LogP contribution in [0.1, 0.15) is 23.2 Å². The lowest BCUT2D eigenvalue weighted by Gasteiger charge is -2.35. The van der Waals surface area contributed by atoms with Gasteiger partial charge < -0.3 is 4.90 Å². The Morgan fingerprint density at radius 1 is 1.35 bits per heavy atom. The topological polar surface area (TPSA) is 23.6 Å². The van der Waals surface area contributed by atoms with E-state index in [1.807, 2.05) is 19.0 Å². The second kappa shape index (κ2) is 6.41. The normalized spacial score (nSPS) is 20.4. The van der Waals surface area contributed by atoms with Gasteiger partial charge in [0.25, 0.3) is 0 Å². The number of Topliss-reactive ketones (excluding diaryl/α,β-unsaturated/α-hetero) is 1. The van der Waals surface area contributed by atoms with E-state index in [0.717, 1.165) is 38.1 Å². The molecule has 0 aliphatic carbocycles. The minimum Gasteiger partial charge on any atom is -0.305 e. The van der Waals surface area contributed by atoms with E-state index in [-0.39, 0.29) is 6.54 Å². The molecular weight excluding hydrogens is 262 g/mol. The molecule has 1 fully saturated rings. The van der Waals surface area contributed by atoms with E-state index in [2.05, 4.69) is 4.90 Å². The summed E-state index contributed by atoms with van der Waals surface area (Å²) >= 11 is 0. The quantitative estimate of drug-likeness (QED) is 0.791. The van der Waals surface area contributed by atoms with Crippen molar-refractivity contribution in [3.8, 4) is 0 Å². The number of piperidine rings is 1. The number of hydrogen-bond donors (Lipinski definition) is 0. The van der Waals surface area contributed by atoms with Crippen LogP contribution in [0.25, 0.3) is 0 Å². The van der Waals surface area contributed by atoms with Crippen LogP contribution in [-0.2, 0) is 0 Å². The molecule has 0 saturated carbocycles. The van der Waals surface area contributed by atoms with Gasteiger partial charge in [-0.3, -0.25) is 9.69 Å². The van der Waals surface area contributed by atoms with Crippen molar-refractivity contribution in [1.29, 1.82) is 0 Å². The second-order valence-corrected chi connectivity index (χ2v) is 5.51. The number of benzene rings is 1. The van der Waals surface area contributed by atoms with Gasteiger partial charge in [0.05, 0.1) is 12.1 Å². The maximum atomic E-state index is 13.6. The van der Waals surface area contributed by atoms with E-state index < -0.39 is 23.0 Å². The van der Waals surface area contributed by atoms with Crippen LogP contribution in [0.3, 0.4) is 0 Å². The molecule has 1 aromatic rings. The highest BCUT2D eigenvalue weighted by molar-refractivity contribution is 5.98. The average molecular weight is 282 g/mol. The molecule has 1 aliphatic rings. The summed E-state index contributed by atoms with van der Waals surface area (Å²) in [6.45, 7) is 1.63. The number of likely N-dealkylation sites (tertiary alicyclic amines) is 1. The first-order valence-corrected chi connectivity index (χ1v) is 6.85. The van der Waals surface area contributed by atoms with Gasteiger partial charge in [-0.05, 0) is 45.6 Å². The minimum atomic E-state index is -0.781. The second-order valence-electron chi connectivity index (χ2n) is 5.51. The van der Waals surface area contributed by atoms with Crippen molar-refractivity contribution >= 4 is 5.78 Å². The Morgan fingerprint density at radius 2 is 2.00 bits per heavy atom. The van der Waals surface area contributed by atoms with Gasteiger partial charge in [-0.1, -0.05) is 6.07 Å². The van der Waals surface area contributed by atoms with E-state index in [9.17, 15) is 13.6 Å². The standard InChI is InChI=1S/C15H20F2N2O/c1-18(2)11-5-4-8-19(9-11)10-14(20)15-12(16)6-3-7-13(15)17/h3,6-7,11H,4-5,8-10H2,1-2H3. The van der Waals surface area contributed by atoms with Crippen LogP contribution in [0.2, 0.25) is 0 Å². The SMILES string of the molecule is CN(C)C1CCCN(CC(=O)c2c(F)cccc2F)C1. The zero-order chi connectivity index (χ0) is 14.7. The monoisotopic (exact) mass is 282 g/mol. The number of hydrogen-bond acceptors (Lipinski definition) is 3. The number of likely N-dealkylation sites (N-methyl/N-ethyl adjacent to an activating group) is 1. The van der Waals surface area contributed by atoms with Crippen molar-refractivity contribution in [3.63, 3.8) is 0 Å². The Morgan fingerprint density at radius 3 is 2.60 bits per heavy atom. The molecule has 0 N–H and O–H groups in total. The van der Waals surface area contributed by atoms with Crippen LogP contribution in [0.15, 0.2) is 18.2 Å². The number of carbonyl (C=O) groups is 1. The average Bonchev–Trinajstić information content (AvgIpc) is 2.38. The molecule has 2 rings (SSSR count). The molecule has 0 radical (unpaired) electrons. The highest BCUT2D eigenvalue weighted by Gasteiger charge is 2.25. The molecule has 1 aliphatic heterocycles. The largest absolute Gasteiger partial charge is 0.305 e. The smallest absolute Gasteiger partial charge is 0.182 e. The zero-order valence-corrected chi connectivity index (χ0v) is 11.9. The number of carbonyl (C=O) groups excluding carboxylic acids is 1. The van der Waals surface area contributed by atoms with E-state index in [0.29, 0.717) is 6.04 Å². The Hall–Kier alpha value is -1.33. The lowest BCUT2D eigenvalue weighted by molar-refractivity contribution is 0.0844. The highest BCUT2D eigenvalue weighted by atomic mass is 19.1. The number of halogens is 2. The van der Waals surface area contributed by atoms with Gasteiger partial charge >= 0.3 is 0 Å². The predicted octanol–water partition coefficient (Wildman–Crippen LogP) is 2.17. The first-order valence-electron chi connectivity index (χ1n) is 6.85. The Bertz CT molecular complexity index is 471. The summed E-state index contributed by atoms with van der Waals surface area (Å²) < 4.78 is 27.1. The molecule has 0 aromatic heterocycles. The first kappa shape index (κ1) is 15.1. The van der Waals surface area contributed by atoms with Gasteiger partial charge in [0, 0.05) is 12.6 Å². The summed E-state index contributed by atoms with van der Waals surface area (Å²) in [5, 5.41) is 0. The maximum Gasteiger partial charge on any atom is 0.182 e. The third-order valence-corrected chi connectivity index (χ3v) is 3.82. The molecule has 1 heterocycles. The molecule has 1 aromatic carbocycles. The molecule has 1 saturated heterocycles. The van der Waals surface area contributed by atoms with Gasteiger partial charge in [0.2, 0.25) is 0 Å². The molecule has 0 bridgehead atoms. The van der Waals surface area contributed by atoms with Crippen molar-refractivity contribution in [1.82, 2.24) is 9.80 Å². The van der Waals surface area contributed by atoms with E-state index in [1.165, 1.54) is 6.07 Å². The fourth-order valence-corrected chi connectivity index (χ4v) is 2.64. The van der Waals surface area contributed by atoms with Crippen molar-refractivity contribution < 1.29 is 13.6 Å². The number of nitrogens with zero attached hydrogens (tertiary/aromatic N) is 2. The lowest BCUT2D eigenvalue weighted by atomic mass is 10.0. The molecule has 1 atom stereocenters. The maximum absolute atomic E-state index is 13.6. The Kier molecular flexibility index (Phi) is 4.83. The molecule has 5 heteroatoms. The third-order valence-electron chi connectivity index (χ3n) is 3.82. The van der Waals surface area contributed by atoms with Gasteiger partial charge in [-0.15, -0.1) is 0 Å². The minimum absolute atomic E-state index is 0.0716. The molecule has 3 nitrogen and oxygen atoms in total. The first-order chi connectivity index (χ1) is 9.49. The number of rotatable bonds is 4. The van der Waals surface area contributed by atoms with Crippen molar-refractivity contribution in [2.75, 3.05) is 33.7 Å². The summed E-state index contributed by atoms with van der Waals surface area (Å²) in [5.74, 6) is -2.05. The van der Waals surface area contributed by atoms with Crippen LogP contribution in [0.5, 0.6) is 0 Å². The summed E-state index contributed by atoms with van der Waals surface area (Å²) in [5.41, 5.74) is -0.417. The molecule has 1 unspecified atom stereocenters. The van der Waals surface area contributed by atoms with E-state index in [1.54, 1.807) is 0 Å². The summed E-state index contributed by atoms with van der Waals surface area (Å²) in [6, 6.07) is 3.90. The van der Waals surface area contributed by atoms with E-state index in [4.69, 9.17) is 0 Å². The van der Waals surface area contributed by atoms with Gasteiger partial charge in [0.1, 0.15) is 11.6 Å². The molecule has 0 spiro atoms. The predicted molar refractivity (Wildman–Crippen MR) is 73.8 cm³/mol. The third kappa shape index (κ3) is 3.41. The lowest BCUT2D eigenvalue weighted by Crippen LogP contribution is -2.46. The summed E-state index contributed by atoms with van der Waals surface area (Å²) in [4.78, 5) is 16.2. The summed E-state index contributed by atoms with van der Waals surface area (Å²) in [6.07, 6.45) is 2.08. The van der Waals surface area contributed by atoms with Gasteiger partial charge in [0.15, 0.2) is 5.78 Å². The highest BCUT2D eigenvalue weighted by Crippen LogP contribution is 2.17. The fourth-order valence-electron chi connectivity index (χ4n) is 2.64. The summed E-state index contributed by atoms with van der Waals surface area (Å²) in [7, 11) is 4.01. The molecule has 110 valence electrons. The van der Waals surface area contributed by atoms with Crippen LogP contribution in [-0.4, -0.2) is 55.4 Å². The van der Waals surface area contributed by atoms with Crippen LogP contribution < -0.4 is 0 Å². The van der Waals surface area contributed by atoms with Crippen LogP contribution >= 0.6 is 0 Å². The molecule has 0 amide bonds. The fraction of sp³-hybridized carbons (Fsp3) is 0.533. The van der Waals surface area contributed by atoms with Crippen molar-refractivity contribution in [2.45, 2.75) is 18.9 Å². The van der Waals surface area contributed by atoms with Crippen LogP contribution in [0, 0.1) is 11.6 Å². The molecule has 20 heavy (non-hydrogen) atoms. The zero-order valence-electron chi connectivity index (χ0n) is 11.9. The Balaban J connectivity index is 2.04. The van der Waals surface area contributed by atoms with Crippen molar-refractivity contribution in [2.24, 2.45) is 0 Å². The van der Waals surface area contributed by atoms with Gasteiger partial charge in [-0.2, -0.15) is 0 Å².